The van der Waals surface area contributed by atoms with Crippen LogP contribution in [0.1, 0.15) is 12.0 Å². The summed E-state index contributed by atoms with van der Waals surface area (Å²) in [5.41, 5.74) is 8.23. The molecule has 4 nitrogen and oxygen atoms in total. The van der Waals surface area contributed by atoms with E-state index in [0.717, 1.165) is 23.4 Å². The molecule has 0 saturated heterocycles. The molecular formula is C17H18N2O2. The molecule has 4 heteroatoms. The number of fused-ring (bicyclic) bond motifs is 1. The van der Waals surface area contributed by atoms with Crippen LogP contribution in [0.4, 0.5) is 11.4 Å². The number of hydrogen-bond donors (Lipinski definition) is 1. The second kappa shape index (κ2) is 5.87. The fraction of sp³-hybridized carbons (Fsp3) is 0.235. The Bertz CT molecular complexity index is 655. The van der Waals surface area contributed by atoms with Gasteiger partial charge in [-0.25, -0.2) is 0 Å². The van der Waals surface area contributed by atoms with E-state index >= 15 is 0 Å². The van der Waals surface area contributed by atoms with Crippen LogP contribution < -0.4 is 15.4 Å². The van der Waals surface area contributed by atoms with Gasteiger partial charge in [-0.1, -0.05) is 24.3 Å². The average molecular weight is 282 g/mol. The fourth-order valence-corrected chi connectivity index (χ4v) is 2.56. The molecular weight excluding hydrogens is 264 g/mol. The van der Waals surface area contributed by atoms with E-state index in [1.54, 1.807) is 0 Å². The molecule has 0 atom stereocenters. The summed E-state index contributed by atoms with van der Waals surface area (Å²) >= 11 is 0. The topological polar surface area (TPSA) is 55.6 Å². The molecule has 3 rings (SSSR count). The molecule has 1 aliphatic rings. The highest BCUT2D eigenvalue weighted by molar-refractivity contribution is 5.96. The normalized spacial score (nSPS) is 14.0. The Hall–Kier alpha value is -2.49. The lowest BCUT2D eigenvalue weighted by Crippen LogP contribution is -2.32. The Morgan fingerprint density at radius 1 is 1.19 bits per heavy atom. The molecule has 108 valence electrons. The molecule has 2 aromatic carbocycles. The van der Waals surface area contributed by atoms with Crippen LogP contribution in [0.15, 0.2) is 48.5 Å². The summed E-state index contributed by atoms with van der Waals surface area (Å²) < 4.78 is 5.68. The van der Waals surface area contributed by atoms with Crippen molar-refractivity contribution in [2.75, 3.05) is 23.8 Å². The Kier molecular flexibility index (Phi) is 3.77. The van der Waals surface area contributed by atoms with E-state index in [1.165, 1.54) is 0 Å². The van der Waals surface area contributed by atoms with Gasteiger partial charge in [-0.2, -0.15) is 0 Å². The second-order valence-electron chi connectivity index (χ2n) is 5.14. The quantitative estimate of drug-likeness (QED) is 0.861. The van der Waals surface area contributed by atoms with Crippen LogP contribution in [-0.2, 0) is 11.2 Å². The van der Waals surface area contributed by atoms with Crippen molar-refractivity contribution in [1.29, 1.82) is 0 Å². The molecule has 21 heavy (non-hydrogen) atoms. The van der Waals surface area contributed by atoms with Gasteiger partial charge in [0.25, 0.3) is 0 Å². The van der Waals surface area contributed by atoms with Gasteiger partial charge < -0.3 is 15.4 Å². The van der Waals surface area contributed by atoms with Gasteiger partial charge in [0.15, 0.2) is 0 Å². The minimum absolute atomic E-state index is 0.0681. The highest BCUT2D eigenvalue weighted by Gasteiger charge is 2.21. The molecule has 0 bridgehead atoms. The number of nitrogen functional groups attached to an aromatic ring is 1. The standard InChI is InChI=1S/C17H18N2O2/c18-14-6-3-5-13(11-14)12-17(20)19-9-4-10-21-16-8-2-1-7-15(16)19/h1-3,5-8,11H,4,9-10,12,18H2. The summed E-state index contributed by atoms with van der Waals surface area (Å²) in [4.78, 5) is 14.4. The summed E-state index contributed by atoms with van der Waals surface area (Å²) in [6.45, 7) is 1.32. The number of carbonyl (C=O) groups is 1. The molecule has 1 heterocycles. The largest absolute Gasteiger partial charge is 0.491 e. The van der Waals surface area contributed by atoms with Gasteiger partial charge in [-0.3, -0.25) is 4.79 Å². The van der Waals surface area contributed by atoms with Crippen LogP contribution in [0.5, 0.6) is 5.75 Å². The van der Waals surface area contributed by atoms with Crippen molar-refractivity contribution in [2.45, 2.75) is 12.8 Å². The zero-order chi connectivity index (χ0) is 14.7. The molecule has 1 aliphatic heterocycles. The third kappa shape index (κ3) is 2.99. The maximum absolute atomic E-state index is 12.6. The van der Waals surface area contributed by atoms with Gasteiger partial charge in [-0.15, -0.1) is 0 Å². The first-order valence-electron chi connectivity index (χ1n) is 7.10. The predicted molar refractivity (Wildman–Crippen MR) is 83.5 cm³/mol. The lowest BCUT2D eigenvalue weighted by atomic mass is 10.1. The number of ether oxygens (including phenoxy) is 1. The van der Waals surface area contributed by atoms with Gasteiger partial charge in [0.05, 0.1) is 18.7 Å². The van der Waals surface area contributed by atoms with E-state index in [2.05, 4.69) is 0 Å². The molecule has 0 radical (unpaired) electrons. The van der Waals surface area contributed by atoms with E-state index in [0.29, 0.717) is 25.3 Å². The molecule has 0 fully saturated rings. The highest BCUT2D eigenvalue weighted by atomic mass is 16.5. The van der Waals surface area contributed by atoms with Crippen molar-refractivity contribution in [3.05, 3.63) is 54.1 Å². The number of nitrogens with zero attached hydrogens (tertiary/aromatic N) is 1. The van der Waals surface area contributed by atoms with Crippen molar-refractivity contribution < 1.29 is 9.53 Å². The second-order valence-corrected chi connectivity index (χ2v) is 5.14. The zero-order valence-corrected chi connectivity index (χ0v) is 11.8. The van der Waals surface area contributed by atoms with Gasteiger partial charge in [0.2, 0.25) is 5.91 Å². The zero-order valence-electron chi connectivity index (χ0n) is 11.8. The molecule has 2 N–H and O–H groups in total. The molecule has 1 amide bonds. The molecule has 0 unspecified atom stereocenters. The van der Waals surface area contributed by atoms with Crippen molar-refractivity contribution >= 4 is 17.3 Å². The maximum atomic E-state index is 12.6. The van der Waals surface area contributed by atoms with Gasteiger partial charge >= 0.3 is 0 Å². The monoisotopic (exact) mass is 282 g/mol. The minimum Gasteiger partial charge on any atom is -0.491 e. The van der Waals surface area contributed by atoms with Gasteiger partial charge in [0.1, 0.15) is 5.75 Å². The van der Waals surface area contributed by atoms with E-state index in [9.17, 15) is 4.79 Å². The first kappa shape index (κ1) is 13.5. The number of para-hydroxylation sites is 2. The van der Waals surface area contributed by atoms with E-state index in [-0.39, 0.29) is 5.91 Å². The highest BCUT2D eigenvalue weighted by Crippen LogP contribution is 2.30. The number of anilines is 2. The van der Waals surface area contributed by atoms with Gasteiger partial charge in [0, 0.05) is 12.2 Å². The Balaban J connectivity index is 1.84. The smallest absolute Gasteiger partial charge is 0.231 e. The van der Waals surface area contributed by atoms with Crippen LogP contribution in [0.3, 0.4) is 0 Å². The number of carbonyl (C=O) groups excluding carboxylic acids is 1. The van der Waals surface area contributed by atoms with E-state index < -0.39 is 0 Å². The maximum Gasteiger partial charge on any atom is 0.231 e. The SMILES string of the molecule is Nc1cccc(CC(=O)N2CCCOc3ccccc32)c1. The number of amides is 1. The van der Waals surface area contributed by atoms with Crippen LogP contribution in [0.2, 0.25) is 0 Å². The van der Waals surface area contributed by atoms with Gasteiger partial charge in [-0.05, 0) is 36.2 Å². The summed E-state index contributed by atoms with van der Waals surface area (Å²) in [7, 11) is 0. The first-order chi connectivity index (χ1) is 10.2. The number of nitrogens with two attached hydrogens (primary N) is 1. The summed E-state index contributed by atoms with van der Waals surface area (Å²) in [5, 5.41) is 0. The summed E-state index contributed by atoms with van der Waals surface area (Å²) in [5.74, 6) is 0.842. The van der Waals surface area contributed by atoms with E-state index in [4.69, 9.17) is 10.5 Å². The Labute approximate surface area is 124 Å². The predicted octanol–water partition coefficient (Wildman–Crippen LogP) is 2.63. The van der Waals surface area contributed by atoms with E-state index in [1.807, 2.05) is 53.4 Å². The van der Waals surface area contributed by atoms with Crippen molar-refractivity contribution in [2.24, 2.45) is 0 Å². The Morgan fingerprint density at radius 2 is 2.05 bits per heavy atom. The van der Waals surface area contributed by atoms with Crippen molar-refractivity contribution in [3.63, 3.8) is 0 Å². The average Bonchev–Trinajstić information content (AvgIpc) is 2.69. The lowest BCUT2D eigenvalue weighted by Gasteiger charge is -2.21. The lowest BCUT2D eigenvalue weighted by molar-refractivity contribution is -0.118. The molecule has 0 spiro atoms. The number of rotatable bonds is 2. The fourth-order valence-electron chi connectivity index (χ4n) is 2.56. The number of benzene rings is 2. The molecule has 0 aliphatic carbocycles. The summed E-state index contributed by atoms with van der Waals surface area (Å²) in [6, 6.07) is 15.1. The molecule has 2 aromatic rings. The molecule has 0 saturated carbocycles. The first-order valence-corrected chi connectivity index (χ1v) is 7.10. The Morgan fingerprint density at radius 3 is 2.90 bits per heavy atom. The summed E-state index contributed by atoms with van der Waals surface area (Å²) in [6.07, 6.45) is 1.18. The van der Waals surface area contributed by atoms with Crippen LogP contribution in [0.25, 0.3) is 0 Å². The number of hydrogen-bond acceptors (Lipinski definition) is 3. The molecule has 0 aromatic heterocycles. The van der Waals surface area contributed by atoms with Crippen LogP contribution in [0, 0.1) is 0 Å². The third-order valence-electron chi connectivity index (χ3n) is 3.55. The van der Waals surface area contributed by atoms with Crippen LogP contribution in [-0.4, -0.2) is 19.1 Å². The van der Waals surface area contributed by atoms with Crippen molar-refractivity contribution in [3.8, 4) is 5.75 Å². The minimum atomic E-state index is 0.0681. The third-order valence-corrected chi connectivity index (χ3v) is 3.55. The van der Waals surface area contributed by atoms with Crippen molar-refractivity contribution in [1.82, 2.24) is 0 Å². The van der Waals surface area contributed by atoms with Crippen LogP contribution >= 0.6 is 0 Å².